The van der Waals surface area contributed by atoms with E-state index in [-0.39, 0.29) is 22.9 Å². The fraction of sp³-hybridized carbons (Fsp3) is 0.227. The monoisotopic (exact) mass is 489 g/mol. The third-order valence-corrected chi connectivity index (χ3v) is 6.72. The molecule has 2 aromatic carbocycles. The first-order valence-electron chi connectivity index (χ1n) is 9.98. The number of nitrogens with one attached hydrogen (secondary N) is 1. The summed E-state index contributed by atoms with van der Waals surface area (Å²) in [6.45, 7) is -0.445. The summed E-state index contributed by atoms with van der Waals surface area (Å²) in [7, 11) is -1.35. The minimum Gasteiger partial charge on any atom is -0.493 e. The van der Waals surface area contributed by atoms with Crippen LogP contribution in [0.2, 0.25) is 0 Å². The van der Waals surface area contributed by atoms with Crippen LogP contribution in [0.15, 0.2) is 47.4 Å². The van der Waals surface area contributed by atoms with Crippen LogP contribution in [-0.4, -0.2) is 53.7 Å². The highest BCUT2D eigenvalue weighted by atomic mass is 32.2. The molecule has 3 amide bonds. The second-order valence-electron chi connectivity index (χ2n) is 7.06. The summed E-state index contributed by atoms with van der Waals surface area (Å²) in [5, 5.41) is 1.75. The van der Waals surface area contributed by atoms with Gasteiger partial charge in [0.2, 0.25) is 0 Å². The third kappa shape index (κ3) is 5.29. The van der Waals surface area contributed by atoms with Crippen LogP contribution in [0.3, 0.4) is 0 Å². The molecule has 3 N–H and O–H groups in total. The highest BCUT2D eigenvalue weighted by molar-refractivity contribution is 7.93. The molecule has 2 aromatic rings. The number of rotatable bonds is 8. The molecule has 34 heavy (non-hydrogen) atoms. The number of benzene rings is 2. The number of esters is 1. The van der Waals surface area contributed by atoms with E-state index in [9.17, 15) is 22.8 Å². The molecule has 1 aliphatic rings. The second kappa shape index (κ2) is 10.3. The number of nitrogens with zero attached hydrogens (tertiary/aromatic N) is 1. The minimum atomic E-state index is -4.04. The van der Waals surface area contributed by atoms with Crippen molar-refractivity contribution in [3.8, 4) is 11.5 Å². The molecule has 1 heterocycles. The van der Waals surface area contributed by atoms with E-state index in [0.717, 1.165) is 11.6 Å². The molecule has 3 rings (SSSR count). The van der Waals surface area contributed by atoms with E-state index in [2.05, 4.69) is 0 Å². The lowest BCUT2D eigenvalue weighted by atomic mass is 10.2. The molecule has 0 saturated heterocycles. The predicted molar refractivity (Wildman–Crippen MR) is 122 cm³/mol. The van der Waals surface area contributed by atoms with Gasteiger partial charge < -0.3 is 19.9 Å². The molecule has 12 heteroatoms. The molecule has 0 aliphatic carbocycles. The Hall–Kier alpha value is -4.06. The minimum absolute atomic E-state index is 0.0229. The van der Waals surface area contributed by atoms with Crippen LogP contribution in [0, 0.1) is 0 Å². The van der Waals surface area contributed by atoms with Gasteiger partial charge in [-0.05, 0) is 41.8 Å². The van der Waals surface area contributed by atoms with Gasteiger partial charge >= 0.3 is 12.0 Å². The molecular formula is C22H23N3O8S. The standard InChI is InChI=1S/C22H23N3O8S/c1-31-17-11-14(7-8-20(27)33-13-19(26)24-22(23)28)12-18(21(17)32-2)34(29,30)25-10-9-15-5-3-4-6-16(15)25/h3-8,11-12H,9-10,13H2,1-2H3,(H3,23,24,26,28)/b8-7-. The van der Waals surface area contributed by atoms with Crippen LogP contribution >= 0.6 is 0 Å². The molecule has 0 unspecified atom stereocenters. The summed E-state index contributed by atoms with van der Waals surface area (Å²) >= 11 is 0. The number of ether oxygens (including phenoxy) is 3. The Balaban J connectivity index is 1.91. The van der Waals surface area contributed by atoms with Crippen LogP contribution < -0.4 is 24.8 Å². The number of anilines is 1. The van der Waals surface area contributed by atoms with Crippen molar-refractivity contribution in [3.05, 3.63) is 53.6 Å². The third-order valence-electron chi connectivity index (χ3n) is 4.90. The van der Waals surface area contributed by atoms with Crippen LogP contribution in [0.1, 0.15) is 11.1 Å². The summed E-state index contributed by atoms with van der Waals surface area (Å²) in [4.78, 5) is 33.7. The van der Waals surface area contributed by atoms with E-state index in [1.54, 1.807) is 17.4 Å². The number of amides is 3. The van der Waals surface area contributed by atoms with Gasteiger partial charge in [-0.25, -0.2) is 18.0 Å². The van der Waals surface area contributed by atoms with Gasteiger partial charge in [0.1, 0.15) is 4.90 Å². The van der Waals surface area contributed by atoms with Crippen molar-refractivity contribution in [2.45, 2.75) is 11.3 Å². The van der Waals surface area contributed by atoms with Crippen LogP contribution in [-0.2, 0) is 30.8 Å². The van der Waals surface area contributed by atoms with Crippen molar-refractivity contribution in [1.29, 1.82) is 0 Å². The number of fused-ring (bicyclic) bond motifs is 1. The summed E-state index contributed by atoms with van der Waals surface area (Å²) in [5.41, 5.74) is 6.61. The zero-order valence-electron chi connectivity index (χ0n) is 18.4. The van der Waals surface area contributed by atoms with Crippen LogP contribution in [0.5, 0.6) is 11.5 Å². The SMILES string of the molecule is COc1cc(/C=C\C(=O)OCC(=O)NC(N)=O)cc(S(=O)(=O)N2CCc3ccccc32)c1OC. The predicted octanol–water partition coefficient (Wildman–Crippen LogP) is 1.21. The highest BCUT2D eigenvalue weighted by Gasteiger charge is 2.34. The molecule has 0 atom stereocenters. The summed E-state index contributed by atoms with van der Waals surface area (Å²) < 4.78 is 43.9. The Morgan fingerprint density at radius 1 is 1.15 bits per heavy atom. The summed E-state index contributed by atoms with van der Waals surface area (Å²) in [5.74, 6) is -1.62. The Kier molecular flexibility index (Phi) is 7.41. The molecule has 180 valence electrons. The molecule has 0 aromatic heterocycles. The zero-order chi connectivity index (χ0) is 24.9. The molecule has 0 fully saturated rings. The molecular weight excluding hydrogens is 466 g/mol. The smallest absolute Gasteiger partial charge is 0.331 e. The first-order valence-corrected chi connectivity index (χ1v) is 11.4. The fourth-order valence-corrected chi connectivity index (χ4v) is 5.15. The van der Waals surface area contributed by atoms with Crippen molar-refractivity contribution in [3.63, 3.8) is 0 Å². The Morgan fingerprint density at radius 3 is 2.56 bits per heavy atom. The van der Waals surface area contributed by atoms with Gasteiger partial charge in [0, 0.05) is 12.6 Å². The number of para-hydroxylation sites is 1. The van der Waals surface area contributed by atoms with E-state index in [4.69, 9.17) is 19.9 Å². The number of primary amides is 1. The maximum atomic E-state index is 13.6. The number of hydrogen-bond donors (Lipinski definition) is 2. The van der Waals surface area contributed by atoms with Crippen molar-refractivity contribution < 1.29 is 37.0 Å². The van der Waals surface area contributed by atoms with Gasteiger partial charge in [0.05, 0.1) is 19.9 Å². The Bertz CT molecular complexity index is 1260. The van der Waals surface area contributed by atoms with Gasteiger partial charge in [-0.3, -0.25) is 14.4 Å². The normalized spacial score (nSPS) is 12.8. The van der Waals surface area contributed by atoms with Crippen molar-refractivity contribution >= 4 is 39.7 Å². The van der Waals surface area contributed by atoms with E-state index in [1.165, 1.54) is 36.7 Å². The maximum absolute atomic E-state index is 13.6. The largest absolute Gasteiger partial charge is 0.493 e. The second-order valence-corrected chi connectivity index (χ2v) is 8.89. The van der Waals surface area contributed by atoms with Gasteiger partial charge in [-0.2, -0.15) is 0 Å². The number of methoxy groups -OCH3 is 2. The molecule has 0 spiro atoms. The summed E-state index contributed by atoms with van der Waals surface area (Å²) in [6.07, 6.45) is 2.87. The van der Waals surface area contributed by atoms with Crippen molar-refractivity contribution in [2.24, 2.45) is 5.73 Å². The zero-order valence-corrected chi connectivity index (χ0v) is 19.3. The van der Waals surface area contributed by atoms with Gasteiger partial charge in [-0.15, -0.1) is 0 Å². The van der Waals surface area contributed by atoms with E-state index in [1.807, 2.05) is 12.1 Å². The highest BCUT2D eigenvalue weighted by Crippen LogP contribution is 2.40. The van der Waals surface area contributed by atoms with Gasteiger partial charge in [0.25, 0.3) is 15.9 Å². The van der Waals surface area contributed by atoms with Gasteiger partial charge in [-0.1, -0.05) is 18.2 Å². The molecule has 0 radical (unpaired) electrons. The lowest BCUT2D eigenvalue weighted by Crippen LogP contribution is -2.37. The molecule has 0 saturated carbocycles. The first kappa shape index (κ1) is 24.6. The lowest BCUT2D eigenvalue weighted by molar-refractivity contribution is -0.143. The van der Waals surface area contributed by atoms with Crippen LogP contribution in [0.25, 0.3) is 6.08 Å². The van der Waals surface area contributed by atoms with E-state index in [0.29, 0.717) is 17.7 Å². The summed E-state index contributed by atoms with van der Waals surface area (Å²) in [6, 6.07) is 8.98. The Morgan fingerprint density at radius 2 is 1.88 bits per heavy atom. The fourth-order valence-electron chi connectivity index (χ4n) is 3.44. The number of carbonyl (C=O) groups is 3. The number of sulfonamides is 1. The Labute approximate surface area is 196 Å². The van der Waals surface area contributed by atoms with Gasteiger partial charge in [0.15, 0.2) is 18.1 Å². The average molecular weight is 490 g/mol. The first-order chi connectivity index (χ1) is 16.2. The molecule has 1 aliphatic heterocycles. The van der Waals surface area contributed by atoms with Crippen LogP contribution in [0.4, 0.5) is 10.5 Å². The number of imide groups is 1. The average Bonchev–Trinajstić information content (AvgIpc) is 3.25. The van der Waals surface area contributed by atoms with E-state index < -0.39 is 34.5 Å². The lowest BCUT2D eigenvalue weighted by Gasteiger charge is -2.22. The topological polar surface area (TPSA) is 154 Å². The number of urea groups is 1. The molecule has 11 nitrogen and oxygen atoms in total. The number of hydrogen-bond acceptors (Lipinski definition) is 8. The van der Waals surface area contributed by atoms with Crippen molar-refractivity contribution in [1.82, 2.24) is 5.32 Å². The number of carbonyl (C=O) groups excluding carboxylic acids is 3. The van der Waals surface area contributed by atoms with Crippen molar-refractivity contribution in [2.75, 3.05) is 31.7 Å². The molecule has 0 bridgehead atoms. The van der Waals surface area contributed by atoms with E-state index >= 15 is 0 Å². The maximum Gasteiger partial charge on any atom is 0.331 e. The number of nitrogens with two attached hydrogens (primary N) is 1. The quantitative estimate of drug-likeness (QED) is 0.414.